The summed E-state index contributed by atoms with van der Waals surface area (Å²) in [5.74, 6) is 0. The van der Waals surface area contributed by atoms with E-state index in [1.165, 1.54) is 127 Å². The molecule has 0 aromatic heterocycles. The van der Waals surface area contributed by atoms with Crippen molar-refractivity contribution in [1.29, 1.82) is 0 Å². The fourth-order valence-electron chi connectivity index (χ4n) is 4.14. The van der Waals surface area contributed by atoms with E-state index < -0.39 is 0 Å². The Bertz CT molecular complexity index is 459. The second-order valence-corrected chi connectivity index (χ2v) is 9.07. The van der Waals surface area contributed by atoms with Crippen LogP contribution in [0, 0.1) is 12.2 Å². The maximum atomic E-state index is 3.38. The number of allylic oxidation sites excluding steroid dienone is 8. The van der Waals surface area contributed by atoms with Gasteiger partial charge >= 0.3 is 26.2 Å². The molecule has 190 valence electrons. The zero-order valence-corrected chi connectivity index (χ0v) is 25.9. The van der Waals surface area contributed by atoms with Gasteiger partial charge in [-0.25, -0.2) is 23.3 Å². The molecule has 0 amide bonds. The number of halogens is 2. The molecule has 2 aliphatic rings. The molecule has 3 heteroatoms. The molecule has 0 saturated heterocycles. The third kappa shape index (κ3) is 25.3. The molecule has 0 fully saturated rings. The SMILES string of the molecule is CCCCCCCCCCC1=[C-]CC=C1.CCCCCCCCCCC1=[C-]CC=C1.Cl.Cl.[Zr+2]. The first kappa shape index (κ1) is 38.0. The Morgan fingerprint density at radius 3 is 1.09 bits per heavy atom. The first-order valence-corrected chi connectivity index (χ1v) is 13.4. The van der Waals surface area contributed by atoms with Gasteiger partial charge in [-0.2, -0.15) is 12.2 Å². The Hall–Kier alpha value is 0.423. The summed E-state index contributed by atoms with van der Waals surface area (Å²) in [5, 5.41) is 0. The van der Waals surface area contributed by atoms with Crippen molar-refractivity contribution in [3.8, 4) is 0 Å². The normalized spacial score (nSPS) is 13.3. The first-order chi connectivity index (χ1) is 14.9. The molecule has 0 spiro atoms. The molecule has 2 rings (SSSR count). The molecule has 0 saturated carbocycles. The fourth-order valence-corrected chi connectivity index (χ4v) is 4.14. The van der Waals surface area contributed by atoms with Crippen molar-refractivity contribution in [1.82, 2.24) is 0 Å². The molecule has 0 heterocycles. The van der Waals surface area contributed by atoms with Gasteiger partial charge in [0.15, 0.2) is 0 Å². The van der Waals surface area contributed by atoms with Crippen LogP contribution in [0.4, 0.5) is 0 Å². The average Bonchev–Trinajstić information content (AvgIpc) is 3.47. The van der Waals surface area contributed by atoms with Gasteiger partial charge in [0.1, 0.15) is 0 Å². The first-order valence-electron chi connectivity index (χ1n) is 13.4. The van der Waals surface area contributed by atoms with Crippen LogP contribution in [-0.4, -0.2) is 0 Å². The van der Waals surface area contributed by atoms with Gasteiger partial charge in [-0.1, -0.05) is 129 Å². The minimum Gasteiger partial charge on any atom is -0.269 e. The molecule has 0 bridgehead atoms. The van der Waals surface area contributed by atoms with Crippen LogP contribution >= 0.6 is 24.8 Å². The molecule has 0 unspecified atom stereocenters. The van der Waals surface area contributed by atoms with Crippen LogP contribution in [-0.2, 0) is 26.2 Å². The summed E-state index contributed by atoms with van der Waals surface area (Å²) in [4.78, 5) is 0. The van der Waals surface area contributed by atoms with Gasteiger partial charge in [-0.15, -0.1) is 37.7 Å². The predicted molar refractivity (Wildman–Crippen MR) is 150 cm³/mol. The van der Waals surface area contributed by atoms with Crippen LogP contribution in [0.25, 0.3) is 0 Å². The maximum Gasteiger partial charge on any atom is 2.00 e. The van der Waals surface area contributed by atoms with E-state index in [1.807, 2.05) is 0 Å². The summed E-state index contributed by atoms with van der Waals surface area (Å²) in [6.45, 7) is 4.55. The van der Waals surface area contributed by atoms with Crippen LogP contribution in [0.2, 0.25) is 0 Å². The van der Waals surface area contributed by atoms with E-state index in [0.717, 1.165) is 12.8 Å². The minimum atomic E-state index is 0. The molecular weight excluding hydrogens is 522 g/mol. The Labute approximate surface area is 239 Å². The average molecular weight is 575 g/mol. The van der Waals surface area contributed by atoms with Crippen molar-refractivity contribution < 1.29 is 26.2 Å². The minimum absolute atomic E-state index is 0. The monoisotopic (exact) mass is 572 g/mol. The van der Waals surface area contributed by atoms with E-state index in [-0.39, 0.29) is 51.0 Å². The standard InChI is InChI=1S/2C15H25.2ClH.Zr/c2*1-2-3-4-5-6-7-8-9-12-15-13-10-11-14-15;;;/h2*10,13H,2-9,11-12H2,1H3;2*1H;/q2*-1;;;+2. The Balaban J connectivity index is -0.000000500. The smallest absolute Gasteiger partial charge is 0.269 e. The topological polar surface area (TPSA) is 0 Å². The van der Waals surface area contributed by atoms with Crippen molar-refractivity contribution in [2.45, 2.75) is 142 Å². The second kappa shape index (κ2) is 30.5. The third-order valence-electron chi connectivity index (χ3n) is 6.13. The van der Waals surface area contributed by atoms with Crippen molar-refractivity contribution in [2.24, 2.45) is 0 Å². The zero-order chi connectivity index (χ0) is 21.5. The summed E-state index contributed by atoms with van der Waals surface area (Å²) < 4.78 is 0. The van der Waals surface area contributed by atoms with E-state index >= 15 is 0 Å². The van der Waals surface area contributed by atoms with E-state index in [2.05, 4.69) is 50.3 Å². The molecule has 2 aliphatic carbocycles. The van der Waals surface area contributed by atoms with E-state index in [1.54, 1.807) is 0 Å². The zero-order valence-electron chi connectivity index (χ0n) is 21.8. The molecule has 33 heavy (non-hydrogen) atoms. The molecule has 0 aliphatic heterocycles. The molecule has 0 aromatic carbocycles. The molecular formula is C30H52Cl2Zr. The third-order valence-corrected chi connectivity index (χ3v) is 6.13. The van der Waals surface area contributed by atoms with Crippen molar-refractivity contribution in [2.75, 3.05) is 0 Å². The number of unbranched alkanes of at least 4 members (excludes halogenated alkanes) is 14. The fraction of sp³-hybridized carbons (Fsp3) is 0.733. The summed E-state index contributed by atoms with van der Waals surface area (Å²) >= 11 is 0. The Morgan fingerprint density at radius 1 is 0.515 bits per heavy atom. The van der Waals surface area contributed by atoms with Gasteiger partial charge in [0.25, 0.3) is 0 Å². The van der Waals surface area contributed by atoms with E-state index in [0.29, 0.717) is 0 Å². The number of hydrogen-bond acceptors (Lipinski definition) is 0. The van der Waals surface area contributed by atoms with Crippen LogP contribution in [0.5, 0.6) is 0 Å². The van der Waals surface area contributed by atoms with Gasteiger partial charge in [0.05, 0.1) is 0 Å². The maximum absolute atomic E-state index is 3.38. The predicted octanol–water partition coefficient (Wildman–Crippen LogP) is 11.3. The summed E-state index contributed by atoms with van der Waals surface area (Å²) in [7, 11) is 0. The van der Waals surface area contributed by atoms with Crippen LogP contribution in [0.1, 0.15) is 142 Å². The van der Waals surface area contributed by atoms with E-state index in [9.17, 15) is 0 Å². The largest absolute Gasteiger partial charge is 2.00 e. The Morgan fingerprint density at radius 2 is 0.818 bits per heavy atom. The summed E-state index contributed by atoms with van der Waals surface area (Å²) in [6, 6.07) is 0. The summed E-state index contributed by atoms with van der Waals surface area (Å²) in [6.07, 6.45) is 42.9. The van der Waals surface area contributed by atoms with Crippen molar-refractivity contribution >= 4 is 24.8 Å². The summed E-state index contributed by atoms with van der Waals surface area (Å²) in [5.41, 5.74) is 2.89. The van der Waals surface area contributed by atoms with E-state index in [4.69, 9.17) is 0 Å². The van der Waals surface area contributed by atoms with Gasteiger partial charge in [0.2, 0.25) is 0 Å². The quantitative estimate of drug-likeness (QED) is 0.113. The van der Waals surface area contributed by atoms with Gasteiger partial charge < -0.3 is 0 Å². The number of hydrogen-bond donors (Lipinski definition) is 0. The van der Waals surface area contributed by atoms with Gasteiger partial charge in [0, 0.05) is 0 Å². The Kier molecular flexibility index (Phi) is 35.0. The molecule has 0 aromatic rings. The van der Waals surface area contributed by atoms with Gasteiger partial charge in [-0.05, 0) is 0 Å². The van der Waals surface area contributed by atoms with Gasteiger partial charge in [-0.3, -0.25) is 12.2 Å². The number of rotatable bonds is 18. The second-order valence-electron chi connectivity index (χ2n) is 9.07. The molecule has 0 atom stereocenters. The van der Waals surface area contributed by atoms with Crippen molar-refractivity contribution in [3.63, 3.8) is 0 Å². The van der Waals surface area contributed by atoms with Crippen molar-refractivity contribution in [3.05, 3.63) is 47.6 Å². The molecule has 0 nitrogen and oxygen atoms in total. The van der Waals surface area contributed by atoms with Crippen LogP contribution in [0.15, 0.2) is 35.5 Å². The molecule has 0 radical (unpaired) electrons. The van der Waals surface area contributed by atoms with Crippen LogP contribution < -0.4 is 0 Å². The van der Waals surface area contributed by atoms with Crippen LogP contribution in [0.3, 0.4) is 0 Å². The molecule has 0 N–H and O–H groups in total.